The molecule has 228 valence electrons. The lowest BCUT2D eigenvalue weighted by Crippen LogP contribution is -2.47. The van der Waals surface area contributed by atoms with Crippen LogP contribution in [0.25, 0.3) is 0 Å². The number of imide groups is 2. The zero-order chi connectivity index (χ0) is 30.2. The quantitative estimate of drug-likeness (QED) is 0.177. The number of carbonyl (C=O) groups excluding carboxylic acids is 6. The number of aryl methyl sites for hydroxylation is 2. The average Bonchev–Trinajstić information content (AvgIpc) is 3.84. The van der Waals surface area contributed by atoms with Gasteiger partial charge in [0.1, 0.15) is 6.04 Å². The van der Waals surface area contributed by atoms with E-state index in [2.05, 4.69) is 0 Å². The van der Waals surface area contributed by atoms with Crippen molar-refractivity contribution in [3.05, 3.63) is 34.9 Å². The number of likely N-dealkylation sites (tertiary alicyclic amines) is 2. The fourth-order valence-electron chi connectivity index (χ4n) is 9.62. The Balaban J connectivity index is 1.02. The highest BCUT2D eigenvalue weighted by atomic mass is 16.5. The molecule has 0 aromatic heterocycles. The van der Waals surface area contributed by atoms with Gasteiger partial charge in [-0.1, -0.05) is 12.1 Å². The smallest absolute Gasteiger partial charge is 0.329 e. The Kier molecular flexibility index (Phi) is 7.05. The third-order valence-electron chi connectivity index (χ3n) is 11.8. The molecule has 1 aromatic rings. The molecule has 9 atom stereocenters. The Morgan fingerprint density at radius 2 is 1.30 bits per heavy atom. The summed E-state index contributed by atoms with van der Waals surface area (Å²) in [5, 5.41) is 0. The van der Waals surface area contributed by atoms with Gasteiger partial charge in [0.25, 0.3) is 0 Å². The Morgan fingerprint density at radius 3 is 1.84 bits per heavy atom. The summed E-state index contributed by atoms with van der Waals surface area (Å²) in [4.78, 5) is 82.3. The summed E-state index contributed by atoms with van der Waals surface area (Å²) in [5.74, 6) is -1.88. The molecular weight excluding hydrogens is 548 g/mol. The van der Waals surface area contributed by atoms with Crippen molar-refractivity contribution >= 4 is 35.4 Å². The number of hydrogen-bond acceptors (Lipinski definition) is 7. The number of unbranched alkanes of at least 4 members (excludes halogenated alkanes) is 1. The lowest BCUT2D eigenvalue weighted by atomic mass is 9.81. The van der Waals surface area contributed by atoms with Crippen molar-refractivity contribution in [2.24, 2.45) is 47.3 Å². The minimum Gasteiger partial charge on any atom is -0.456 e. The zero-order valence-electron chi connectivity index (χ0n) is 25.0. The number of ketones is 1. The lowest BCUT2D eigenvalue weighted by Gasteiger charge is -2.26. The van der Waals surface area contributed by atoms with E-state index in [0.29, 0.717) is 30.2 Å². The maximum Gasteiger partial charge on any atom is 0.329 e. The predicted molar refractivity (Wildman–Crippen MR) is 153 cm³/mol. The Labute approximate surface area is 251 Å². The molecule has 0 unspecified atom stereocenters. The molecular formula is C34H40N2O7. The normalized spacial score (nSPS) is 34.4. The van der Waals surface area contributed by atoms with Crippen LogP contribution in [0.5, 0.6) is 0 Å². The molecule has 4 aliphatic carbocycles. The van der Waals surface area contributed by atoms with E-state index >= 15 is 0 Å². The van der Waals surface area contributed by atoms with Crippen LogP contribution >= 0.6 is 0 Å². The molecule has 2 aliphatic heterocycles. The summed E-state index contributed by atoms with van der Waals surface area (Å²) >= 11 is 0. The maximum absolute atomic E-state index is 13.6. The van der Waals surface area contributed by atoms with Crippen LogP contribution in [0.1, 0.15) is 79.3 Å². The summed E-state index contributed by atoms with van der Waals surface area (Å²) in [7, 11) is 0. The third-order valence-corrected chi connectivity index (χ3v) is 11.8. The second-order valence-electron chi connectivity index (χ2n) is 14.0. The lowest BCUT2D eigenvalue weighted by molar-refractivity contribution is -0.159. The van der Waals surface area contributed by atoms with E-state index in [1.807, 2.05) is 19.9 Å². The largest absolute Gasteiger partial charge is 0.456 e. The topological polar surface area (TPSA) is 118 Å². The number of fused-ring (bicyclic) bond motifs is 10. The summed E-state index contributed by atoms with van der Waals surface area (Å²) in [6.45, 7) is 3.65. The molecule has 4 amide bonds. The molecule has 0 radical (unpaired) electrons. The molecule has 1 aromatic carbocycles. The van der Waals surface area contributed by atoms with Gasteiger partial charge < -0.3 is 4.74 Å². The summed E-state index contributed by atoms with van der Waals surface area (Å²) < 4.78 is 5.48. The van der Waals surface area contributed by atoms with E-state index < -0.39 is 18.6 Å². The maximum atomic E-state index is 13.6. The van der Waals surface area contributed by atoms with Gasteiger partial charge in [-0.05, 0) is 112 Å². The number of amides is 4. The molecule has 43 heavy (non-hydrogen) atoms. The first kappa shape index (κ1) is 28.4. The van der Waals surface area contributed by atoms with Crippen molar-refractivity contribution in [3.8, 4) is 0 Å². The summed E-state index contributed by atoms with van der Waals surface area (Å²) in [6, 6.07) is 4.17. The van der Waals surface area contributed by atoms with Gasteiger partial charge in [-0.15, -0.1) is 0 Å². The Morgan fingerprint density at radius 1 is 0.767 bits per heavy atom. The van der Waals surface area contributed by atoms with Crippen LogP contribution < -0.4 is 0 Å². The molecule has 9 nitrogen and oxygen atoms in total. The molecule has 4 saturated carbocycles. The second kappa shape index (κ2) is 10.7. The third kappa shape index (κ3) is 4.48. The average molecular weight is 589 g/mol. The van der Waals surface area contributed by atoms with E-state index in [4.69, 9.17) is 4.74 Å². The molecule has 2 saturated heterocycles. The van der Waals surface area contributed by atoms with E-state index in [1.54, 1.807) is 12.1 Å². The van der Waals surface area contributed by atoms with Crippen molar-refractivity contribution < 1.29 is 33.5 Å². The van der Waals surface area contributed by atoms with Crippen LogP contribution in [0.2, 0.25) is 0 Å². The van der Waals surface area contributed by atoms with Crippen LogP contribution in [0, 0.1) is 61.2 Å². The van der Waals surface area contributed by atoms with Crippen LogP contribution in [0.15, 0.2) is 18.2 Å². The zero-order valence-corrected chi connectivity index (χ0v) is 25.0. The number of carbonyl (C=O) groups is 6. The van der Waals surface area contributed by atoms with E-state index in [1.165, 1.54) is 4.90 Å². The number of hydrogen-bond donors (Lipinski definition) is 0. The molecule has 6 aliphatic rings. The summed E-state index contributed by atoms with van der Waals surface area (Å²) in [6.07, 6.45) is 6.83. The van der Waals surface area contributed by atoms with Crippen molar-refractivity contribution in [3.63, 3.8) is 0 Å². The number of rotatable bonds is 10. The minimum atomic E-state index is -1.13. The number of ether oxygens (including phenoxy) is 1. The fourth-order valence-corrected chi connectivity index (χ4v) is 9.62. The highest BCUT2D eigenvalue weighted by molar-refractivity contribution is 6.09. The van der Waals surface area contributed by atoms with Crippen LogP contribution in [0.4, 0.5) is 0 Å². The van der Waals surface area contributed by atoms with Crippen molar-refractivity contribution in [1.82, 2.24) is 9.80 Å². The van der Waals surface area contributed by atoms with Gasteiger partial charge in [0, 0.05) is 12.1 Å². The number of Topliss-reactive ketones (excluding diaryl/α,β-unsaturated/α-hetero) is 1. The fraction of sp³-hybridized carbons (Fsp3) is 0.647. The van der Waals surface area contributed by atoms with Gasteiger partial charge in [-0.2, -0.15) is 0 Å². The molecule has 0 spiro atoms. The standard InChI is InChI=1S/C34H40N2O7/c1-17-6-7-19(13-18(17)2)25(37)16-43-34(42)24(36-32(40)28-22-10-11-23(15-22)29(28)33(36)41)5-3-4-12-35-30(38)26-20-8-9-21(14-20)27(26)31(35)39/h6-7,13,20-24,26-29H,3-5,8-12,14-16H2,1-2H3/t20-,21-,22-,23-,24-,26+,27+,28-,29+/m0/s1. The van der Waals surface area contributed by atoms with Crippen molar-refractivity contribution in [1.29, 1.82) is 0 Å². The van der Waals surface area contributed by atoms with Gasteiger partial charge in [0.15, 0.2) is 12.4 Å². The van der Waals surface area contributed by atoms with Crippen molar-refractivity contribution in [2.45, 2.75) is 77.7 Å². The van der Waals surface area contributed by atoms with Gasteiger partial charge in [-0.25, -0.2) is 4.79 Å². The number of benzene rings is 1. The predicted octanol–water partition coefficient (Wildman–Crippen LogP) is 3.63. The number of esters is 1. The minimum absolute atomic E-state index is 0.0591. The van der Waals surface area contributed by atoms with E-state index in [-0.39, 0.29) is 77.9 Å². The Bertz CT molecular complexity index is 1360. The van der Waals surface area contributed by atoms with Crippen LogP contribution in [-0.2, 0) is 28.7 Å². The van der Waals surface area contributed by atoms with E-state index in [0.717, 1.165) is 54.6 Å². The first-order chi connectivity index (χ1) is 20.7. The van der Waals surface area contributed by atoms with Gasteiger partial charge in [-0.3, -0.25) is 33.8 Å². The molecule has 6 fully saturated rings. The van der Waals surface area contributed by atoms with Gasteiger partial charge in [0.2, 0.25) is 23.6 Å². The summed E-state index contributed by atoms with van der Waals surface area (Å²) in [5.41, 5.74) is 2.44. The molecule has 4 bridgehead atoms. The SMILES string of the molecule is Cc1ccc(C(=O)COC(=O)[C@H](CCCCN2C(=O)[C@@H]3[C@H]4CC[C@@H](C4)[C@H]3C2=O)N2C(=O)[C@@H]3[C@H]4CC[C@@H](C4)[C@@H]3C2=O)cc1C. The van der Waals surface area contributed by atoms with Crippen LogP contribution in [0.3, 0.4) is 0 Å². The number of nitrogens with zero attached hydrogens (tertiary/aromatic N) is 2. The first-order valence-corrected chi connectivity index (χ1v) is 16.1. The van der Waals surface area contributed by atoms with Gasteiger partial charge in [0.05, 0.1) is 23.7 Å². The second-order valence-corrected chi connectivity index (χ2v) is 14.0. The molecule has 9 heteroatoms. The van der Waals surface area contributed by atoms with Crippen molar-refractivity contribution in [2.75, 3.05) is 13.2 Å². The highest BCUT2D eigenvalue weighted by Gasteiger charge is 2.63. The first-order valence-electron chi connectivity index (χ1n) is 16.1. The molecule has 7 rings (SSSR count). The highest BCUT2D eigenvalue weighted by Crippen LogP contribution is 2.57. The molecule has 0 N–H and O–H groups in total. The van der Waals surface area contributed by atoms with Crippen LogP contribution in [-0.4, -0.2) is 64.4 Å². The Hall–Kier alpha value is -3.36. The van der Waals surface area contributed by atoms with E-state index in [9.17, 15) is 28.8 Å². The molecule has 2 heterocycles. The van der Waals surface area contributed by atoms with Gasteiger partial charge >= 0.3 is 5.97 Å². The monoisotopic (exact) mass is 588 g/mol.